The summed E-state index contributed by atoms with van der Waals surface area (Å²) in [5.41, 5.74) is 1.11. The van der Waals surface area contributed by atoms with E-state index in [-0.39, 0.29) is 0 Å². The maximum atomic E-state index is 4.50. The summed E-state index contributed by atoms with van der Waals surface area (Å²) in [6, 6.07) is 4.77. The molecule has 0 bridgehead atoms. The van der Waals surface area contributed by atoms with Crippen molar-refractivity contribution in [3.63, 3.8) is 0 Å². The SMILES string of the molecule is CCc1ccc(CNC(C)c2nc(C)cs2)s1. The summed E-state index contributed by atoms with van der Waals surface area (Å²) >= 11 is 3.63. The fourth-order valence-corrected chi connectivity index (χ4v) is 3.36. The Morgan fingerprint density at radius 1 is 1.35 bits per heavy atom. The first-order valence-electron chi connectivity index (χ1n) is 5.92. The number of hydrogen-bond donors (Lipinski definition) is 1. The highest BCUT2D eigenvalue weighted by atomic mass is 32.1. The maximum Gasteiger partial charge on any atom is 0.110 e. The zero-order valence-corrected chi connectivity index (χ0v) is 12.1. The smallest absolute Gasteiger partial charge is 0.110 e. The summed E-state index contributed by atoms with van der Waals surface area (Å²) in [4.78, 5) is 7.37. The lowest BCUT2D eigenvalue weighted by molar-refractivity contribution is 0.575. The molecule has 2 aromatic rings. The molecule has 4 heteroatoms. The van der Waals surface area contributed by atoms with Gasteiger partial charge in [-0.2, -0.15) is 0 Å². The molecule has 2 nitrogen and oxygen atoms in total. The summed E-state index contributed by atoms with van der Waals surface area (Å²) in [7, 11) is 0. The zero-order valence-electron chi connectivity index (χ0n) is 10.5. The van der Waals surface area contributed by atoms with Crippen molar-refractivity contribution in [1.29, 1.82) is 0 Å². The van der Waals surface area contributed by atoms with E-state index in [1.165, 1.54) is 14.8 Å². The van der Waals surface area contributed by atoms with E-state index in [0.29, 0.717) is 6.04 Å². The molecule has 0 aliphatic carbocycles. The van der Waals surface area contributed by atoms with Crippen molar-refractivity contribution >= 4 is 22.7 Å². The van der Waals surface area contributed by atoms with E-state index in [4.69, 9.17) is 0 Å². The Labute approximate surface area is 111 Å². The van der Waals surface area contributed by atoms with Gasteiger partial charge in [0.15, 0.2) is 0 Å². The van der Waals surface area contributed by atoms with Crippen LogP contribution in [0.3, 0.4) is 0 Å². The number of thiophene rings is 1. The van der Waals surface area contributed by atoms with E-state index in [1.54, 1.807) is 11.3 Å². The van der Waals surface area contributed by atoms with Crippen LogP contribution in [0.15, 0.2) is 17.5 Å². The molecule has 0 aromatic carbocycles. The Kier molecular flexibility index (Phi) is 4.31. The van der Waals surface area contributed by atoms with Crippen molar-refractivity contribution in [3.8, 4) is 0 Å². The minimum Gasteiger partial charge on any atom is -0.303 e. The second-order valence-electron chi connectivity index (χ2n) is 4.15. The standard InChI is InChI=1S/C13H18N2S2/c1-4-11-5-6-12(17-11)7-14-10(3)13-15-9(2)8-16-13/h5-6,8,10,14H,4,7H2,1-3H3. The fraction of sp³-hybridized carbons (Fsp3) is 0.462. The van der Waals surface area contributed by atoms with Gasteiger partial charge < -0.3 is 5.32 Å². The van der Waals surface area contributed by atoms with E-state index in [9.17, 15) is 0 Å². The number of rotatable bonds is 5. The van der Waals surface area contributed by atoms with Gasteiger partial charge in [-0.05, 0) is 32.4 Å². The lowest BCUT2D eigenvalue weighted by Gasteiger charge is -2.09. The van der Waals surface area contributed by atoms with Gasteiger partial charge in [-0.3, -0.25) is 0 Å². The van der Waals surface area contributed by atoms with Crippen molar-refractivity contribution in [2.75, 3.05) is 0 Å². The number of aromatic nitrogens is 1. The lowest BCUT2D eigenvalue weighted by atomic mass is 10.3. The Bertz CT molecular complexity index is 473. The topological polar surface area (TPSA) is 24.9 Å². The first kappa shape index (κ1) is 12.7. The van der Waals surface area contributed by atoms with Crippen LogP contribution < -0.4 is 5.32 Å². The molecule has 0 aliphatic rings. The predicted octanol–water partition coefficient (Wildman–Crippen LogP) is 3.93. The molecule has 2 heterocycles. The molecule has 0 aliphatic heterocycles. The molecule has 0 radical (unpaired) electrons. The van der Waals surface area contributed by atoms with Crippen LogP contribution in [0.25, 0.3) is 0 Å². The Morgan fingerprint density at radius 2 is 2.12 bits per heavy atom. The second-order valence-corrected chi connectivity index (χ2v) is 6.29. The Balaban J connectivity index is 1.89. The third-order valence-corrected chi connectivity index (χ3v) is 5.03. The van der Waals surface area contributed by atoms with Gasteiger partial charge in [-0.25, -0.2) is 4.98 Å². The van der Waals surface area contributed by atoms with Gasteiger partial charge in [-0.15, -0.1) is 22.7 Å². The molecule has 1 unspecified atom stereocenters. The molecule has 2 aromatic heterocycles. The Morgan fingerprint density at radius 3 is 2.71 bits per heavy atom. The summed E-state index contributed by atoms with van der Waals surface area (Å²) < 4.78 is 0. The summed E-state index contributed by atoms with van der Waals surface area (Å²) in [6.07, 6.45) is 1.13. The molecule has 0 saturated heterocycles. The van der Waals surface area contributed by atoms with E-state index >= 15 is 0 Å². The number of aryl methyl sites for hydroxylation is 2. The number of nitrogens with zero attached hydrogens (tertiary/aromatic N) is 1. The van der Waals surface area contributed by atoms with Gasteiger partial charge in [0.05, 0.1) is 6.04 Å². The molecule has 0 amide bonds. The maximum absolute atomic E-state index is 4.50. The van der Waals surface area contributed by atoms with Crippen molar-refractivity contribution in [2.45, 2.75) is 39.8 Å². The zero-order chi connectivity index (χ0) is 12.3. The first-order chi connectivity index (χ1) is 8.19. The normalized spacial score (nSPS) is 12.9. The van der Waals surface area contributed by atoms with Crippen LogP contribution in [-0.4, -0.2) is 4.98 Å². The van der Waals surface area contributed by atoms with Crippen molar-refractivity contribution in [1.82, 2.24) is 10.3 Å². The van der Waals surface area contributed by atoms with Crippen molar-refractivity contribution < 1.29 is 0 Å². The van der Waals surface area contributed by atoms with Gasteiger partial charge in [-0.1, -0.05) is 6.92 Å². The van der Waals surface area contributed by atoms with Gasteiger partial charge in [0, 0.05) is 27.4 Å². The molecular weight excluding hydrogens is 248 g/mol. The fourth-order valence-electron chi connectivity index (χ4n) is 1.62. The molecule has 0 spiro atoms. The molecule has 1 atom stereocenters. The van der Waals surface area contributed by atoms with Crippen LogP contribution in [0.4, 0.5) is 0 Å². The summed E-state index contributed by atoms with van der Waals surface area (Å²) in [5.74, 6) is 0. The van der Waals surface area contributed by atoms with Crippen LogP contribution in [0.1, 0.15) is 40.3 Å². The first-order valence-corrected chi connectivity index (χ1v) is 7.61. The number of hydrogen-bond acceptors (Lipinski definition) is 4. The van der Waals surface area contributed by atoms with E-state index in [2.05, 4.69) is 41.7 Å². The molecule has 1 N–H and O–H groups in total. The van der Waals surface area contributed by atoms with Gasteiger partial charge in [0.1, 0.15) is 5.01 Å². The highest BCUT2D eigenvalue weighted by Gasteiger charge is 2.09. The third kappa shape index (κ3) is 3.37. The Hall–Kier alpha value is -0.710. The van der Waals surface area contributed by atoms with Crippen molar-refractivity contribution in [3.05, 3.63) is 38.0 Å². The quantitative estimate of drug-likeness (QED) is 0.887. The predicted molar refractivity (Wildman–Crippen MR) is 75.8 cm³/mol. The highest BCUT2D eigenvalue weighted by molar-refractivity contribution is 7.12. The molecule has 92 valence electrons. The highest BCUT2D eigenvalue weighted by Crippen LogP contribution is 2.20. The number of nitrogens with one attached hydrogen (secondary N) is 1. The number of thiazole rings is 1. The van der Waals surface area contributed by atoms with Gasteiger partial charge >= 0.3 is 0 Å². The van der Waals surface area contributed by atoms with E-state index in [0.717, 1.165) is 18.7 Å². The van der Waals surface area contributed by atoms with Gasteiger partial charge in [0.2, 0.25) is 0 Å². The summed E-state index contributed by atoms with van der Waals surface area (Å²) in [5, 5.41) is 6.80. The van der Waals surface area contributed by atoms with Crippen LogP contribution in [0, 0.1) is 6.92 Å². The molecular formula is C13H18N2S2. The van der Waals surface area contributed by atoms with Crippen molar-refractivity contribution in [2.24, 2.45) is 0 Å². The molecule has 2 rings (SSSR count). The minimum atomic E-state index is 0.334. The van der Waals surface area contributed by atoms with Crippen LogP contribution in [0.5, 0.6) is 0 Å². The average molecular weight is 266 g/mol. The van der Waals surface area contributed by atoms with Crippen LogP contribution in [0.2, 0.25) is 0 Å². The minimum absolute atomic E-state index is 0.334. The van der Waals surface area contributed by atoms with Crippen LogP contribution in [-0.2, 0) is 13.0 Å². The van der Waals surface area contributed by atoms with Gasteiger partial charge in [0.25, 0.3) is 0 Å². The average Bonchev–Trinajstić information content (AvgIpc) is 2.94. The van der Waals surface area contributed by atoms with Crippen LogP contribution >= 0.6 is 22.7 Å². The summed E-state index contributed by atoms with van der Waals surface area (Å²) in [6.45, 7) is 7.35. The molecule has 17 heavy (non-hydrogen) atoms. The lowest BCUT2D eigenvalue weighted by Crippen LogP contribution is -2.17. The monoisotopic (exact) mass is 266 g/mol. The second kappa shape index (κ2) is 5.76. The van der Waals surface area contributed by atoms with E-state index < -0.39 is 0 Å². The molecule has 0 fully saturated rings. The third-order valence-electron chi connectivity index (χ3n) is 2.66. The van der Waals surface area contributed by atoms with E-state index in [1.807, 2.05) is 18.3 Å². The largest absolute Gasteiger partial charge is 0.303 e. The molecule has 0 saturated carbocycles.